The third kappa shape index (κ3) is 8.46. The van der Waals surface area contributed by atoms with Gasteiger partial charge in [-0.25, -0.2) is 9.59 Å². The summed E-state index contributed by atoms with van der Waals surface area (Å²) in [6.45, 7) is 6.40. The van der Waals surface area contributed by atoms with Gasteiger partial charge in [0.05, 0.1) is 24.3 Å². The van der Waals surface area contributed by atoms with Crippen molar-refractivity contribution in [2.24, 2.45) is 7.05 Å². The number of aromatic nitrogens is 1. The number of fused-ring (bicyclic) bond motifs is 3. The number of para-hydroxylation sites is 1. The average molecular weight is 556 g/mol. The van der Waals surface area contributed by atoms with E-state index in [9.17, 15) is 9.59 Å². The predicted molar refractivity (Wildman–Crippen MR) is 165 cm³/mol. The van der Waals surface area contributed by atoms with E-state index in [4.69, 9.17) is 14.2 Å². The molecular weight excluding hydrogens is 514 g/mol. The largest absolute Gasteiger partial charge is 0.494 e. The maximum Gasteiger partial charge on any atom is 0.343 e. The molecule has 0 bridgehead atoms. The molecule has 0 spiro atoms. The standard InChI is InChI=1S/C35H41NO5/c1-26(2)34(37)40-24-14-10-8-6-4-5-7-9-13-23-39-28-19-17-27(18-20-28)35(38)41-29-21-22-31-30-15-11-12-16-32(30)36(3)33(31)25-29/h11-12,15-22,25H,1,4-10,13-14,23-24H2,2-3H3. The van der Waals surface area contributed by atoms with Gasteiger partial charge in [0.15, 0.2) is 0 Å². The molecule has 4 rings (SSSR count). The average Bonchev–Trinajstić information content (AvgIpc) is 3.26. The second-order valence-corrected chi connectivity index (χ2v) is 10.6. The Morgan fingerprint density at radius 3 is 1.98 bits per heavy atom. The van der Waals surface area contributed by atoms with Crippen LogP contribution < -0.4 is 9.47 Å². The van der Waals surface area contributed by atoms with Gasteiger partial charge in [0, 0.05) is 35.0 Å². The van der Waals surface area contributed by atoms with E-state index in [1.54, 1.807) is 19.1 Å². The van der Waals surface area contributed by atoms with E-state index in [-0.39, 0.29) is 11.9 Å². The predicted octanol–water partition coefficient (Wildman–Crippen LogP) is 8.56. The highest BCUT2D eigenvalue weighted by Crippen LogP contribution is 2.31. The summed E-state index contributed by atoms with van der Waals surface area (Å²) in [6, 6.07) is 21.2. The number of rotatable bonds is 16. The van der Waals surface area contributed by atoms with Crippen molar-refractivity contribution in [2.75, 3.05) is 13.2 Å². The zero-order valence-electron chi connectivity index (χ0n) is 24.3. The number of carbonyl (C=O) groups excluding carboxylic acids is 2. The number of unbranched alkanes of at least 4 members (excludes halogenated alkanes) is 8. The summed E-state index contributed by atoms with van der Waals surface area (Å²) in [4.78, 5) is 24.1. The van der Waals surface area contributed by atoms with Crippen molar-refractivity contribution in [1.82, 2.24) is 4.57 Å². The lowest BCUT2D eigenvalue weighted by atomic mass is 10.1. The van der Waals surface area contributed by atoms with Crippen LogP contribution in [0.4, 0.5) is 0 Å². The highest BCUT2D eigenvalue weighted by molar-refractivity contribution is 6.08. The summed E-state index contributed by atoms with van der Waals surface area (Å²) in [6.07, 6.45) is 10.2. The van der Waals surface area contributed by atoms with Gasteiger partial charge in [0.25, 0.3) is 0 Å². The van der Waals surface area contributed by atoms with Crippen molar-refractivity contribution in [3.05, 3.63) is 84.4 Å². The summed E-state index contributed by atoms with van der Waals surface area (Å²) < 4.78 is 18.8. The van der Waals surface area contributed by atoms with E-state index in [2.05, 4.69) is 23.3 Å². The number of benzene rings is 3. The lowest BCUT2D eigenvalue weighted by Gasteiger charge is -2.08. The molecule has 0 N–H and O–H groups in total. The van der Waals surface area contributed by atoms with Crippen LogP contribution in [0.5, 0.6) is 11.5 Å². The van der Waals surface area contributed by atoms with Crippen molar-refractivity contribution in [2.45, 2.75) is 64.7 Å². The Balaban J connectivity index is 1.09. The summed E-state index contributed by atoms with van der Waals surface area (Å²) in [5.41, 5.74) is 3.11. The number of carbonyl (C=O) groups is 2. The number of hydrogen-bond donors (Lipinski definition) is 0. The highest BCUT2D eigenvalue weighted by Gasteiger charge is 2.12. The molecule has 0 radical (unpaired) electrons. The highest BCUT2D eigenvalue weighted by atomic mass is 16.5. The Morgan fingerprint density at radius 2 is 1.29 bits per heavy atom. The minimum Gasteiger partial charge on any atom is -0.494 e. The number of aryl methyl sites for hydroxylation is 1. The molecule has 0 saturated carbocycles. The molecule has 0 atom stereocenters. The van der Waals surface area contributed by atoms with Crippen LogP contribution in [0, 0.1) is 0 Å². The van der Waals surface area contributed by atoms with Crippen LogP contribution in [-0.2, 0) is 16.6 Å². The van der Waals surface area contributed by atoms with Crippen LogP contribution in [0.3, 0.4) is 0 Å². The number of ether oxygens (including phenoxy) is 3. The number of nitrogens with zero attached hydrogens (tertiary/aromatic N) is 1. The van der Waals surface area contributed by atoms with Crippen LogP contribution in [0.2, 0.25) is 0 Å². The molecule has 4 aromatic rings. The Morgan fingerprint density at radius 1 is 0.707 bits per heavy atom. The second kappa shape index (κ2) is 15.1. The van der Waals surface area contributed by atoms with Gasteiger partial charge in [-0.2, -0.15) is 0 Å². The van der Waals surface area contributed by atoms with Gasteiger partial charge in [-0.3, -0.25) is 0 Å². The van der Waals surface area contributed by atoms with Crippen LogP contribution in [0.25, 0.3) is 21.8 Å². The van der Waals surface area contributed by atoms with Crippen molar-refractivity contribution in [3.63, 3.8) is 0 Å². The molecule has 3 aromatic carbocycles. The molecular formula is C35H41NO5. The monoisotopic (exact) mass is 555 g/mol. The Bertz CT molecular complexity index is 1470. The summed E-state index contributed by atoms with van der Waals surface area (Å²) in [5.74, 6) is 0.598. The first-order valence-electron chi connectivity index (χ1n) is 14.7. The van der Waals surface area contributed by atoms with Crippen molar-refractivity contribution in [1.29, 1.82) is 0 Å². The fraction of sp³-hybridized carbons (Fsp3) is 0.371. The smallest absolute Gasteiger partial charge is 0.343 e. The van der Waals surface area contributed by atoms with E-state index >= 15 is 0 Å². The van der Waals surface area contributed by atoms with Crippen LogP contribution in [0.1, 0.15) is 75.1 Å². The van der Waals surface area contributed by atoms with Gasteiger partial charge < -0.3 is 18.8 Å². The summed E-state index contributed by atoms with van der Waals surface area (Å²) in [7, 11) is 2.02. The second-order valence-electron chi connectivity index (χ2n) is 10.6. The van der Waals surface area contributed by atoms with Crippen molar-refractivity contribution < 1.29 is 23.8 Å². The molecule has 0 saturated heterocycles. The number of esters is 2. The quantitative estimate of drug-likeness (QED) is 0.0600. The molecule has 0 amide bonds. The SMILES string of the molecule is C=C(C)C(=O)OCCCCCCCCCCCOc1ccc(C(=O)Oc2ccc3c4ccccc4n(C)c3c2)cc1. The fourth-order valence-corrected chi connectivity index (χ4v) is 4.98. The van der Waals surface area contributed by atoms with E-state index < -0.39 is 0 Å². The van der Waals surface area contributed by atoms with E-state index in [1.807, 2.05) is 49.5 Å². The van der Waals surface area contributed by atoms with E-state index in [0.29, 0.717) is 30.1 Å². The summed E-state index contributed by atoms with van der Waals surface area (Å²) >= 11 is 0. The minimum absolute atomic E-state index is 0.294. The molecule has 6 nitrogen and oxygen atoms in total. The lowest BCUT2D eigenvalue weighted by molar-refractivity contribution is -0.139. The van der Waals surface area contributed by atoms with Crippen LogP contribution in [-0.4, -0.2) is 29.7 Å². The first kappa shape index (κ1) is 29.9. The van der Waals surface area contributed by atoms with Crippen LogP contribution >= 0.6 is 0 Å². The fourth-order valence-electron chi connectivity index (χ4n) is 4.98. The Hall–Kier alpha value is -4.06. The third-order valence-electron chi connectivity index (χ3n) is 7.33. The molecule has 0 aliphatic carbocycles. The zero-order valence-corrected chi connectivity index (χ0v) is 24.3. The van der Waals surface area contributed by atoms with Gasteiger partial charge >= 0.3 is 11.9 Å². The molecule has 0 fully saturated rings. The van der Waals surface area contributed by atoms with Gasteiger partial charge in [-0.1, -0.05) is 69.7 Å². The lowest BCUT2D eigenvalue weighted by Crippen LogP contribution is -2.08. The molecule has 41 heavy (non-hydrogen) atoms. The minimum atomic E-state index is -0.388. The molecule has 216 valence electrons. The van der Waals surface area contributed by atoms with Gasteiger partial charge in [-0.05, 0) is 62.2 Å². The maximum absolute atomic E-state index is 12.7. The van der Waals surface area contributed by atoms with Crippen molar-refractivity contribution >= 4 is 33.7 Å². The van der Waals surface area contributed by atoms with Gasteiger partial charge in [0.1, 0.15) is 11.5 Å². The van der Waals surface area contributed by atoms with Crippen LogP contribution in [0.15, 0.2) is 78.9 Å². The molecule has 1 heterocycles. The van der Waals surface area contributed by atoms with Crippen molar-refractivity contribution in [3.8, 4) is 11.5 Å². The normalized spacial score (nSPS) is 11.1. The van der Waals surface area contributed by atoms with E-state index in [0.717, 1.165) is 47.9 Å². The molecule has 0 aliphatic rings. The van der Waals surface area contributed by atoms with Gasteiger partial charge in [0.2, 0.25) is 0 Å². The van der Waals surface area contributed by atoms with Gasteiger partial charge in [-0.15, -0.1) is 0 Å². The first-order chi connectivity index (χ1) is 19.9. The Labute approximate surface area is 242 Å². The van der Waals surface area contributed by atoms with E-state index in [1.165, 1.54) is 37.5 Å². The first-order valence-corrected chi connectivity index (χ1v) is 14.7. The maximum atomic E-state index is 12.7. The molecule has 0 aliphatic heterocycles. The molecule has 0 unspecified atom stereocenters. The Kier molecular flexibility index (Phi) is 11.0. The topological polar surface area (TPSA) is 66.8 Å². The number of hydrogen-bond acceptors (Lipinski definition) is 5. The molecule has 6 heteroatoms. The molecule has 1 aromatic heterocycles. The zero-order chi connectivity index (χ0) is 29.0. The third-order valence-corrected chi connectivity index (χ3v) is 7.33. The summed E-state index contributed by atoms with van der Waals surface area (Å²) in [5, 5.41) is 2.32.